The van der Waals surface area contributed by atoms with Gasteiger partial charge in [-0.15, -0.1) is 11.3 Å². The van der Waals surface area contributed by atoms with Crippen molar-refractivity contribution in [2.45, 2.75) is 44.1 Å². The minimum Gasteiger partial charge on any atom is -0.412 e. The van der Waals surface area contributed by atoms with Crippen molar-refractivity contribution in [1.29, 1.82) is 5.26 Å². The van der Waals surface area contributed by atoms with Gasteiger partial charge in [-0.1, -0.05) is 0 Å². The first-order valence-corrected chi connectivity index (χ1v) is 9.11. The molecule has 5 N–H and O–H groups in total. The van der Waals surface area contributed by atoms with Crippen LogP contribution in [0.4, 0.5) is 11.4 Å². The summed E-state index contributed by atoms with van der Waals surface area (Å²) in [5.41, 5.74) is 2.23. The van der Waals surface area contributed by atoms with E-state index in [4.69, 9.17) is 10.00 Å². The summed E-state index contributed by atoms with van der Waals surface area (Å²) < 4.78 is 6.96. The van der Waals surface area contributed by atoms with Gasteiger partial charge >= 0.3 is 0 Å². The Morgan fingerprint density at radius 2 is 2.36 bits per heavy atom. The Bertz CT molecular complexity index is 795. The molecule has 2 aromatic heterocycles. The molecular weight excluding hydrogens is 340 g/mol. The summed E-state index contributed by atoms with van der Waals surface area (Å²) >= 11 is 1.64. The van der Waals surface area contributed by atoms with Gasteiger partial charge in [-0.05, 0) is 31.2 Å². The second-order valence-electron chi connectivity index (χ2n) is 6.57. The molecule has 2 aliphatic rings. The summed E-state index contributed by atoms with van der Waals surface area (Å²) in [5, 5.41) is 28.5. The number of thiophene rings is 1. The number of rotatable bonds is 3. The number of nitrogens with one attached hydrogen (secondary N) is 2. The van der Waals surface area contributed by atoms with Crippen LogP contribution in [0.2, 0.25) is 0 Å². The van der Waals surface area contributed by atoms with E-state index in [1.807, 2.05) is 17.6 Å². The molecule has 1 fully saturated rings. The van der Waals surface area contributed by atoms with Crippen molar-refractivity contribution in [3.05, 3.63) is 17.6 Å². The number of fused-ring (bicyclic) bond motifs is 3. The largest absolute Gasteiger partial charge is 0.412 e. The molecule has 2 aliphatic heterocycles. The monoisotopic (exact) mass is 362 g/mol. The maximum absolute atomic E-state index is 10.6. The van der Waals surface area contributed by atoms with Gasteiger partial charge < -0.3 is 26.0 Å². The Hall–Kier alpha value is -1.92. The Labute approximate surface area is 149 Å². The van der Waals surface area contributed by atoms with Gasteiger partial charge in [0.1, 0.15) is 5.66 Å². The highest BCUT2D eigenvalue weighted by Crippen LogP contribution is 2.46. The van der Waals surface area contributed by atoms with E-state index in [1.54, 1.807) is 18.3 Å². The van der Waals surface area contributed by atoms with Gasteiger partial charge in [0, 0.05) is 5.92 Å². The molecule has 8 heteroatoms. The van der Waals surface area contributed by atoms with Gasteiger partial charge in [-0.25, -0.2) is 0 Å². The number of hydrogen-bond acceptors (Lipinski definition) is 7. The van der Waals surface area contributed by atoms with Gasteiger partial charge in [0.25, 0.3) is 0 Å². The predicted octanol–water partition coefficient (Wildman–Crippen LogP) is 2.09. The fraction of sp³-hybridized carbons (Fsp3) is 0.529. The summed E-state index contributed by atoms with van der Waals surface area (Å²) in [7, 11) is 0. The standard InChI is InChI=1S/C17H20N4O2S.H2O/c1-10(22)17(11-2-3-12(4-6-18)23-9-11)20-14-8-19-13-5-7-24-16(13)15(14)21-17;/h5,7-8,10-12,20-22H,2-4,9H2,1H3;1H2/t10?,11-,12-,17?;/m1./s1. The lowest BCUT2D eigenvalue weighted by Gasteiger charge is -2.43. The number of nitriles is 1. The number of anilines is 2. The predicted molar refractivity (Wildman–Crippen MR) is 97.6 cm³/mol. The number of aliphatic hydroxyl groups excluding tert-OH is 1. The van der Waals surface area contributed by atoms with Crippen LogP contribution < -0.4 is 10.6 Å². The summed E-state index contributed by atoms with van der Waals surface area (Å²) in [5.74, 6) is 0.106. The molecule has 0 aliphatic carbocycles. The average molecular weight is 362 g/mol. The minimum absolute atomic E-state index is 0. The highest BCUT2D eigenvalue weighted by molar-refractivity contribution is 7.17. The van der Waals surface area contributed by atoms with E-state index < -0.39 is 11.8 Å². The number of aliphatic hydroxyl groups is 1. The summed E-state index contributed by atoms with van der Waals surface area (Å²) in [6, 6.07) is 4.17. The average Bonchev–Trinajstić information content (AvgIpc) is 3.20. The van der Waals surface area contributed by atoms with Gasteiger partial charge in [0.15, 0.2) is 0 Å². The number of ether oxygens (including phenoxy) is 1. The Morgan fingerprint density at radius 3 is 3.04 bits per heavy atom. The maximum Gasteiger partial charge on any atom is 0.139 e. The first kappa shape index (κ1) is 17.9. The van der Waals surface area contributed by atoms with E-state index in [9.17, 15) is 5.11 Å². The molecule has 25 heavy (non-hydrogen) atoms. The van der Waals surface area contributed by atoms with Crippen LogP contribution in [0, 0.1) is 17.2 Å². The molecule has 4 rings (SSSR count). The molecule has 0 aromatic carbocycles. The van der Waals surface area contributed by atoms with Gasteiger partial charge in [0.2, 0.25) is 0 Å². The number of pyridine rings is 1. The molecule has 0 bridgehead atoms. The molecule has 0 spiro atoms. The molecule has 0 saturated carbocycles. The zero-order valence-corrected chi connectivity index (χ0v) is 14.8. The highest BCUT2D eigenvalue weighted by atomic mass is 32.1. The Kier molecular flexibility index (Phi) is 4.84. The van der Waals surface area contributed by atoms with E-state index >= 15 is 0 Å². The first-order chi connectivity index (χ1) is 11.6. The number of nitrogens with zero attached hydrogens (tertiary/aromatic N) is 2. The van der Waals surface area contributed by atoms with E-state index in [0.717, 1.165) is 34.4 Å². The van der Waals surface area contributed by atoms with Crippen LogP contribution in [-0.2, 0) is 4.74 Å². The number of aromatic nitrogens is 1. The third-order valence-electron chi connectivity index (χ3n) is 5.14. The van der Waals surface area contributed by atoms with E-state index in [0.29, 0.717) is 13.0 Å². The smallest absolute Gasteiger partial charge is 0.139 e. The van der Waals surface area contributed by atoms with Crippen molar-refractivity contribution in [1.82, 2.24) is 4.98 Å². The second kappa shape index (κ2) is 6.77. The molecule has 1 saturated heterocycles. The van der Waals surface area contributed by atoms with Crippen molar-refractivity contribution < 1.29 is 15.3 Å². The highest BCUT2D eigenvalue weighted by Gasteiger charge is 2.49. The van der Waals surface area contributed by atoms with E-state index in [-0.39, 0.29) is 17.5 Å². The topological polar surface area (TPSA) is 122 Å². The van der Waals surface area contributed by atoms with Crippen molar-refractivity contribution in [2.75, 3.05) is 17.2 Å². The van der Waals surface area contributed by atoms with Crippen LogP contribution in [0.1, 0.15) is 26.2 Å². The van der Waals surface area contributed by atoms with E-state index in [2.05, 4.69) is 21.7 Å². The molecule has 0 radical (unpaired) electrons. The van der Waals surface area contributed by atoms with Gasteiger partial charge in [-0.2, -0.15) is 5.26 Å². The summed E-state index contributed by atoms with van der Waals surface area (Å²) in [6.07, 6.45) is 3.37. The third kappa shape index (κ3) is 2.83. The normalized spacial score (nSPS) is 29.0. The van der Waals surface area contributed by atoms with Crippen LogP contribution >= 0.6 is 11.3 Å². The lowest BCUT2D eigenvalue weighted by molar-refractivity contribution is -0.0460. The molecule has 0 amide bonds. The van der Waals surface area contributed by atoms with Gasteiger partial charge in [0.05, 0.1) is 59.1 Å². The fourth-order valence-electron chi connectivity index (χ4n) is 3.77. The van der Waals surface area contributed by atoms with Crippen LogP contribution in [0.3, 0.4) is 0 Å². The van der Waals surface area contributed by atoms with Crippen LogP contribution in [0.15, 0.2) is 17.6 Å². The maximum atomic E-state index is 10.6. The Balaban J connectivity index is 0.00000182. The molecule has 2 aromatic rings. The van der Waals surface area contributed by atoms with Crippen LogP contribution in [0.5, 0.6) is 0 Å². The lowest BCUT2D eigenvalue weighted by Crippen LogP contribution is -2.59. The van der Waals surface area contributed by atoms with Crippen LogP contribution in [-0.4, -0.2) is 40.0 Å². The summed E-state index contributed by atoms with van der Waals surface area (Å²) in [4.78, 5) is 4.48. The van der Waals surface area contributed by atoms with Crippen molar-refractivity contribution in [3.63, 3.8) is 0 Å². The molecule has 4 atom stereocenters. The second-order valence-corrected chi connectivity index (χ2v) is 7.48. The first-order valence-electron chi connectivity index (χ1n) is 8.23. The SMILES string of the molecule is CC(O)C1([C@@H]2CC[C@H](CC#N)OC2)Nc2cnc3ccsc3c2N1.O. The van der Waals surface area contributed by atoms with Crippen molar-refractivity contribution in [3.8, 4) is 6.07 Å². The van der Waals surface area contributed by atoms with Crippen molar-refractivity contribution >= 4 is 32.9 Å². The number of hydrogen-bond donors (Lipinski definition) is 3. The third-order valence-corrected chi connectivity index (χ3v) is 6.06. The molecule has 2 unspecified atom stereocenters. The molecule has 7 nitrogen and oxygen atoms in total. The molecule has 134 valence electrons. The van der Waals surface area contributed by atoms with Crippen molar-refractivity contribution in [2.24, 2.45) is 5.92 Å². The quantitative estimate of drug-likeness (QED) is 0.768. The zero-order chi connectivity index (χ0) is 16.7. The summed E-state index contributed by atoms with van der Waals surface area (Å²) in [6.45, 7) is 2.32. The molecular formula is C17H22N4O3S. The van der Waals surface area contributed by atoms with Gasteiger partial charge in [-0.3, -0.25) is 4.98 Å². The van der Waals surface area contributed by atoms with Crippen LogP contribution in [0.25, 0.3) is 10.2 Å². The zero-order valence-electron chi connectivity index (χ0n) is 14.0. The van der Waals surface area contributed by atoms with E-state index in [1.165, 1.54) is 0 Å². The Morgan fingerprint density at radius 1 is 1.52 bits per heavy atom. The fourth-order valence-corrected chi connectivity index (χ4v) is 4.63. The lowest BCUT2D eigenvalue weighted by atomic mass is 9.83. The minimum atomic E-state index is -0.667. The molecule has 4 heterocycles.